The fourth-order valence-electron chi connectivity index (χ4n) is 1.60. The maximum Gasteiger partial charge on any atom is 0.101 e. The van der Waals surface area contributed by atoms with Crippen LogP contribution in [0.1, 0.15) is 19.4 Å². The molecular weight excluding hydrogens is 268 g/mol. The Bertz CT molecular complexity index is 398. The molecule has 1 aromatic carbocycles. The van der Waals surface area contributed by atoms with E-state index in [1.807, 2.05) is 30.9 Å². The number of nitrogens with zero attached hydrogens (tertiary/aromatic N) is 2. The number of benzene rings is 1. The zero-order chi connectivity index (χ0) is 12.1. The lowest BCUT2D eigenvalue weighted by Crippen LogP contribution is -2.34. The molecule has 0 saturated carbocycles. The minimum atomic E-state index is 0.0789. The van der Waals surface area contributed by atoms with Crippen LogP contribution in [0.25, 0.3) is 0 Å². The molecule has 0 aromatic heterocycles. The summed E-state index contributed by atoms with van der Waals surface area (Å²) in [6.07, 6.45) is 0. The maximum atomic E-state index is 9.05. The molecule has 86 valence electrons. The van der Waals surface area contributed by atoms with E-state index in [-0.39, 0.29) is 12.6 Å². The molecule has 4 heteroatoms. The van der Waals surface area contributed by atoms with E-state index in [0.29, 0.717) is 12.1 Å². The molecule has 0 spiro atoms. The highest BCUT2D eigenvalue weighted by atomic mass is 79.9. The summed E-state index contributed by atoms with van der Waals surface area (Å²) in [5, 5.41) is 18.1. The first kappa shape index (κ1) is 13.0. The van der Waals surface area contributed by atoms with Crippen LogP contribution >= 0.6 is 15.9 Å². The van der Waals surface area contributed by atoms with Crippen LogP contribution in [0.3, 0.4) is 0 Å². The molecule has 0 fully saturated rings. The first-order valence-corrected chi connectivity index (χ1v) is 5.96. The summed E-state index contributed by atoms with van der Waals surface area (Å²) in [6.45, 7) is 4.69. The number of halogens is 1. The van der Waals surface area contributed by atoms with Gasteiger partial charge in [-0.3, -0.25) is 0 Å². The number of anilines is 1. The summed E-state index contributed by atoms with van der Waals surface area (Å²) < 4.78 is 0.935. The lowest BCUT2D eigenvalue weighted by Gasteiger charge is -2.29. The van der Waals surface area contributed by atoms with Crippen molar-refractivity contribution in [3.05, 3.63) is 28.2 Å². The fourth-order valence-corrected chi connectivity index (χ4v) is 1.95. The Balaban J connectivity index is 3.17. The molecular formula is C12H15BrN2O. The van der Waals surface area contributed by atoms with Gasteiger partial charge in [0.15, 0.2) is 0 Å². The van der Waals surface area contributed by atoms with Crippen molar-refractivity contribution in [2.75, 3.05) is 18.1 Å². The van der Waals surface area contributed by atoms with E-state index in [1.165, 1.54) is 0 Å². The van der Waals surface area contributed by atoms with Gasteiger partial charge in [0.05, 0.1) is 17.9 Å². The fraction of sp³-hybridized carbons (Fsp3) is 0.417. The third-order valence-electron chi connectivity index (χ3n) is 2.35. The summed E-state index contributed by atoms with van der Waals surface area (Å²) in [6, 6.07) is 7.96. The topological polar surface area (TPSA) is 47.3 Å². The number of hydrogen-bond acceptors (Lipinski definition) is 3. The van der Waals surface area contributed by atoms with Crippen molar-refractivity contribution < 1.29 is 5.11 Å². The SMILES string of the molecule is CC(C)N(CCO)c1cc(Br)ccc1C#N. The molecule has 16 heavy (non-hydrogen) atoms. The first-order chi connectivity index (χ1) is 7.60. The zero-order valence-electron chi connectivity index (χ0n) is 9.44. The summed E-state index contributed by atoms with van der Waals surface area (Å²) >= 11 is 3.40. The molecule has 0 radical (unpaired) electrons. The van der Waals surface area contributed by atoms with E-state index < -0.39 is 0 Å². The molecule has 1 aromatic rings. The number of aliphatic hydroxyl groups is 1. The molecule has 0 bridgehead atoms. The minimum Gasteiger partial charge on any atom is -0.395 e. The van der Waals surface area contributed by atoms with Crippen LogP contribution in [0.4, 0.5) is 5.69 Å². The van der Waals surface area contributed by atoms with E-state index in [4.69, 9.17) is 10.4 Å². The summed E-state index contributed by atoms with van der Waals surface area (Å²) in [7, 11) is 0. The molecule has 0 aliphatic carbocycles. The number of nitriles is 1. The van der Waals surface area contributed by atoms with Gasteiger partial charge in [-0.1, -0.05) is 15.9 Å². The smallest absolute Gasteiger partial charge is 0.101 e. The molecule has 3 nitrogen and oxygen atoms in total. The highest BCUT2D eigenvalue weighted by molar-refractivity contribution is 9.10. The van der Waals surface area contributed by atoms with Gasteiger partial charge in [0.1, 0.15) is 6.07 Å². The van der Waals surface area contributed by atoms with Gasteiger partial charge in [0, 0.05) is 17.1 Å². The van der Waals surface area contributed by atoms with Gasteiger partial charge in [-0.05, 0) is 32.0 Å². The highest BCUT2D eigenvalue weighted by Crippen LogP contribution is 2.26. The minimum absolute atomic E-state index is 0.0789. The van der Waals surface area contributed by atoms with Gasteiger partial charge in [-0.2, -0.15) is 5.26 Å². The molecule has 0 saturated heterocycles. The summed E-state index contributed by atoms with van der Waals surface area (Å²) in [4.78, 5) is 2.02. The molecule has 0 unspecified atom stereocenters. The van der Waals surface area contributed by atoms with Gasteiger partial charge in [0.2, 0.25) is 0 Å². The summed E-state index contributed by atoms with van der Waals surface area (Å²) in [5.41, 5.74) is 1.49. The molecule has 0 amide bonds. The lowest BCUT2D eigenvalue weighted by atomic mass is 10.1. The van der Waals surface area contributed by atoms with E-state index >= 15 is 0 Å². The van der Waals surface area contributed by atoms with Gasteiger partial charge >= 0.3 is 0 Å². The van der Waals surface area contributed by atoms with Crippen molar-refractivity contribution in [2.45, 2.75) is 19.9 Å². The third kappa shape index (κ3) is 2.97. The quantitative estimate of drug-likeness (QED) is 0.923. The van der Waals surface area contributed by atoms with Crippen molar-refractivity contribution in [2.24, 2.45) is 0 Å². The van der Waals surface area contributed by atoms with Gasteiger partial charge < -0.3 is 10.0 Å². The lowest BCUT2D eigenvalue weighted by molar-refractivity contribution is 0.299. The van der Waals surface area contributed by atoms with Crippen LogP contribution in [-0.2, 0) is 0 Å². The van der Waals surface area contributed by atoms with Crippen LogP contribution in [0, 0.1) is 11.3 Å². The molecule has 0 atom stereocenters. The zero-order valence-corrected chi connectivity index (χ0v) is 11.0. The Morgan fingerprint density at radius 2 is 2.19 bits per heavy atom. The average molecular weight is 283 g/mol. The van der Waals surface area contributed by atoms with Crippen LogP contribution in [0.2, 0.25) is 0 Å². The van der Waals surface area contributed by atoms with Gasteiger partial charge in [-0.25, -0.2) is 0 Å². The van der Waals surface area contributed by atoms with Crippen LogP contribution < -0.4 is 4.90 Å². The van der Waals surface area contributed by atoms with Crippen molar-refractivity contribution in [1.82, 2.24) is 0 Å². The van der Waals surface area contributed by atoms with E-state index in [2.05, 4.69) is 22.0 Å². The van der Waals surface area contributed by atoms with Gasteiger partial charge in [0.25, 0.3) is 0 Å². The molecule has 0 heterocycles. The standard InChI is InChI=1S/C12H15BrN2O/c1-9(2)15(5-6-16)12-7-11(13)4-3-10(12)8-14/h3-4,7,9,16H,5-6H2,1-2H3. The van der Waals surface area contributed by atoms with Crippen molar-refractivity contribution in [3.8, 4) is 6.07 Å². The van der Waals surface area contributed by atoms with E-state index in [0.717, 1.165) is 10.2 Å². The molecule has 1 N–H and O–H groups in total. The monoisotopic (exact) mass is 282 g/mol. The normalized spacial score (nSPS) is 10.2. The van der Waals surface area contributed by atoms with Crippen molar-refractivity contribution in [3.63, 3.8) is 0 Å². The van der Waals surface area contributed by atoms with Crippen molar-refractivity contribution >= 4 is 21.6 Å². The van der Waals surface area contributed by atoms with Crippen LogP contribution in [0.15, 0.2) is 22.7 Å². The Morgan fingerprint density at radius 3 is 2.69 bits per heavy atom. The van der Waals surface area contributed by atoms with E-state index in [9.17, 15) is 0 Å². The third-order valence-corrected chi connectivity index (χ3v) is 2.85. The average Bonchev–Trinajstić information content (AvgIpc) is 2.25. The van der Waals surface area contributed by atoms with Crippen molar-refractivity contribution in [1.29, 1.82) is 5.26 Å². The number of aliphatic hydroxyl groups excluding tert-OH is 1. The van der Waals surface area contributed by atoms with Crippen LogP contribution in [0.5, 0.6) is 0 Å². The second-order valence-corrected chi connectivity index (χ2v) is 4.70. The number of rotatable bonds is 4. The molecule has 1 rings (SSSR count). The summed E-state index contributed by atoms with van der Waals surface area (Å²) in [5.74, 6) is 0. The Morgan fingerprint density at radius 1 is 1.50 bits per heavy atom. The Labute approximate surface area is 104 Å². The highest BCUT2D eigenvalue weighted by Gasteiger charge is 2.14. The first-order valence-electron chi connectivity index (χ1n) is 5.17. The Kier molecular flexibility index (Phi) is 4.78. The Hall–Kier alpha value is -1.05. The predicted octanol–water partition coefficient (Wildman–Crippen LogP) is 2.53. The van der Waals surface area contributed by atoms with Crippen LogP contribution in [-0.4, -0.2) is 24.3 Å². The van der Waals surface area contributed by atoms with E-state index in [1.54, 1.807) is 6.07 Å². The van der Waals surface area contributed by atoms with Gasteiger partial charge in [-0.15, -0.1) is 0 Å². The predicted molar refractivity (Wildman–Crippen MR) is 68.4 cm³/mol. The molecule has 0 aliphatic rings. The largest absolute Gasteiger partial charge is 0.395 e. The number of hydrogen-bond donors (Lipinski definition) is 1. The second kappa shape index (κ2) is 5.88. The molecule has 0 aliphatic heterocycles. The second-order valence-electron chi connectivity index (χ2n) is 3.78. The maximum absolute atomic E-state index is 9.05.